The lowest BCUT2D eigenvalue weighted by molar-refractivity contribution is 0.517. The van der Waals surface area contributed by atoms with Gasteiger partial charge in [-0.25, -0.2) is 0 Å². The molecule has 6 heteroatoms. The summed E-state index contributed by atoms with van der Waals surface area (Å²) >= 11 is 13.3. The maximum Gasteiger partial charge on any atom is 0.0928 e. The summed E-state index contributed by atoms with van der Waals surface area (Å²) in [6.07, 6.45) is 1.90. The van der Waals surface area contributed by atoms with Crippen molar-refractivity contribution in [2.75, 3.05) is 6.54 Å². The van der Waals surface area contributed by atoms with E-state index in [2.05, 4.69) is 21.8 Å². The predicted molar refractivity (Wildman–Crippen MR) is 81.1 cm³/mol. The van der Waals surface area contributed by atoms with Crippen LogP contribution in [0, 0.1) is 0 Å². The van der Waals surface area contributed by atoms with Gasteiger partial charge in [-0.2, -0.15) is 0 Å². The van der Waals surface area contributed by atoms with Crippen LogP contribution in [-0.2, 0) is 6.42 Å². The SMILES string of the molecule is CCCNC(Cc1ccc(Cl)c(Cl)c1)c1csnn1. The summed E-state index contributed by atoms with van der Waals surface area (Å²) in [7, 11) is 0. The number of hydrogen-bond acceptors (Lipinski definition) is 4. The normalized spacial score (nSPS) is 12.6. The number of aromatic nitrogens is 2. The Labute approximate surface area is 127 Å². The van der Waals surface area contributed by atoms with Crippen LogP contribution in [0.2, 0.25) is 10.0 Å². The van der Waals surface area contributed by atoms with Crippen molar-refractivity contribution in [3.63, 3.8) is 0 Å². The highest BCUT2D eigenvalue weighted by Gasteiger charge is 2.14. The van der Waals surface area contributed by atoms with Crippen molar-refractivity contribution >= 4 is 34.7 Å². The summed E-state index contributed by atoms with van der Waals surface area (Å²) < 4.78 is 3.93. The zero-order valence-corrected chi connectivity index (χ0v) is 12.9. The second-order valence-corrected chi connectivity index (χ2v) is 5.71. The molecule has 0 aliphatic rings. The molecule has 0 saturated heterocycles. The van der Waals surface area contributed by atoms with E-state index in [1.807, 2.05) is 23.6 Å². The fraction of sp³-hybridized carbons (Fsp3) is 0.385. The summed E-state index contributed by atoms with van der Waals surface area (Å²) in [5.74, 6) is 0. The largest absolute Gasteiger partial charge is 0.308 e. The third kappa shape index (κ3) is 4.14. The van der Waals surface area contributed by atoms with Crippen LogP contribution in [0.4, 0.5) is 0 Å². The monoisotopic (exact) mass is 315 g/mol. The minimum atomic E-state index is 0.163. The zero-order chi connectivity index (χ0) is 13.7. The van der Waals surface area contributed by atoms with Gasteiger partial charge in [0.15, 0.2) is 0 Å². The van der Waals surface area contributed by atoms with Crippen molar-refractivity contribution in [1.82, 2.24) is 14.9 Å². The van der Waals surface area contributed by atoms with Crippen molar-refractivity contribution in [2.24, 2.45) is 0 Å². The van der Waals surface area contributed by atoms with E-state index in [4.69, 9.17) is 23.2 Å². The van der Waals surface area contributed by atoms with Gasteiger partial charge in [-0.05, 0) is 48.6 Å². The molecule has 0 fully saturated rings. The molecule has 1 aromatic carbocycles. The Bertz CT molecular complexity index is 517. The fourth-order valence-corrected chi connectivity index (χ4v) is 2.65. The molecule has 1 N–H and O–H groups in total. The second-order valence-electron chi connectivity index (χ2n) is 4.29. The van der Waals surface area contributed by atoms with E-state index in [0.717, 1.165) is 30.6 Å². The maximum absolute atomic E-state index is 6.05. The highest BCUT2D eigenvalue weighted by Crippen LogP contribution is 2.25. The highest BCUT2D eigenvalue weighted by atomic mass is 35.5. The van der Waals surface area contributed by atoms with Crippen molar-refractivity contribution in [3.05, 3.63) is 44.9 Å². The van der Waals surface area contributed by atoms with Crippen LogP contribution < -0.4 is 5.32 Å². The Kier molecular flexibility index (Phi) is 5.58. The molecule has 1 unspecified atom stereocenters. The first-order valence-corrected chi connectivity index (χ1v) is 7.74. The first-order chi connectivity index (χ1) is 9.20. The second kappa shape index (κ2) is 7.20. The van der Waals surface area contributed by atoms with E-state index in [0.29, 0.717) is 10.0 Å². The Morgan fingerprint density at radius 3 is 2.79 bits per heavy atom. The number of halogens is 2. The van der Waals surface area contributed by atoms with E-state index < -0.39 is 0 Å². The standard InChI is InChI=1S/C13H15Cl2N3S/c1-2-5-16-12(13-8-19-18-17-13)7-9-3-4-10(14)11(15)6-9/h3-4,6,8,12,16H,2,5,7H2,1H3. The van der Waals surface area contributed by atoms with Gasteiger partial charge in [0, 0.05) is 5.38 Å². The Hall–Kier alpha value is -0.680. The predicted octanol–water partition coefficient (Wildman–Crippen LogP) is 4.13. The molecule has 0 radical (unpaired) electrons. The lowest BCUT2D eigenvalue weighted by Gasteiger charge is -2.16. The van der Waals surface area contributed by atoms with Gasteiger partial charge in [0.25, 0.3) is 0 Å². The lowest BCUT2D eigenvalue weighted by atomic mass is 10.0. The minimum Gasteiger partial charge on any atom is -0.308 e. The van der Waals surface area contributed by atoms with Crippen LogP contribution in [0.15, 0.2) is 23.6 Å². The highest BCUT2D eigenvalue weighted by molar-refractivity contribution is 7.03. The molecule has 1 heterocycles. The number of hydrogen-bond donors (Lipinski definition) is 1. The van der Waals surface area contributed by atoms with Gasteiger partial charge in [-0.3, -0.25) is 0 Å². The quantitative estimate of drug-likeness (QED) is 0.871. The van der Waals surface area contributed by atoms with E-state index in [1.165, 1.54) is 11.5 Å². The zero-order valence-electron chi connectivity index (χ0n) is 10.6. The summed E-state index contributed by atoms with van der Waals surface area (Å²) in [4.78, 5) is 0. The molecular formula is C13H15Cl2N3S. The third-order valence-corrected chi connectivity index (χ3v) is 4.06. The van der Waals surface area contributed by atoms with Crippen LogP contribution in [0.1, 0.15) is 30.6 Å². The number of nitrogens with one attached hydrogen (secondary N) is 1. The number of benzene rings is 1. The van der Waals surface area contributed by atoms with Gasteiger partial charge in [-0.15, -0.1) is 5.10 Å². The molecule has 0 amide bonds. The molecule has 1 atom stereocenters. The van der Waals surface area contributed by atoms with Gasteiger partial charge in [0.1, 0.15) is 0 Å². The van der Waals surface area contributed by atoms with Gasteiger partial charge >= 0.3 is 0 Å². The van der Waals surface area contributed by atoms with Crippen LogP contribution >= 0.6 is 34.7 Å². The Balaban J connectivity index is 2.13. The average Bonchev–Trinajstić information content (AvgIpc) is 2.92. The molecule has 2 rings (SSSR count). The van der Waals surface area contributed by atoms with E-state index in [9.17, 15) is 0 Å². The molecule has 0 saturated carbocycles. The van der Waals surface area contributed by atoms with E-state index in [1.54, 1.807) is 0 Å². The molecule has 0 bridgehead atoms. The van der Waals surface area contributed by atoms with E-state index >= 15 is 0 Å². The molecular weight excluding hydrogens is 301 g/mol. The molecule has 1 aromatic heterocycles. The van der Waals surface area contributed by atoms with Crippen molar-refractivity contribution in [2.45, 2.75) is 25.8 Å². The molecule has 0 spiro atoms. The molecule has 3 nitrogen and oxygen atoms in total. The van der Waals surface area contributed by atoms with Crippen molar-refractivity contribution in [3.8, 4) is 0 Å². The smallest absolute Gasteiger partial charge is 0.0928 e. The average molecular weight is 316 g/mol. The number of nitrogens with zero attached hydrogens (tertiary/aromatic N) is 2. The van der Waals surface area contributed by atoms with Crippen LogP contribution in [0.5, 0.6) is 0 Å². The summed E-state index contributed by atoms with van der Waals surface area (Å²) in [5, 5.41) is 10.8. The lowest BCUT2D eigenvalue weighted by Crippen LogP contribution is -2.24. The van der Waals surface area contributed by atoms with Gasteiger partial charge in [0.05, 0.1) is 21.8 Å². The van der Waals surface area contributed by atoms with Gasteiger partial charge in [-0.1, -0.05) is 40.7 Å². The minimum absolute atomic E-state index is 0.163. The Morgan fingerprint density at radius 2 is 2.16 bits per heavy atom. The molecule has 102 valence electrons. The van der Waals surface area contributed by atoms with Crippen LogP contribution in [-0.4, -0.2) is 16.1 Å². The third-order valence-electron chi connectivity index (χ3n) is 2.80. The van der Waals surface area contributed by atoms with Gasteiger partial charge in [0.2, 0.25) is 0 Å². The first-order valence-electron chi connectivity index (χ1n) is 6.15. The topological polar surface area (TPSA) is 37.8 Å². The van der Waals surface area contributed by atoms with Crippen LogP contribution in [0.3, 0.4) is 0 Å². The fourth-order valence-electron chi connectivity index (χ4n) is 1.83. The summed E-state index contributed by atoms with van der Waals surface area (Å²) in [6, 6.07) is 5.89. The maximum atomic E-state index is 6.05. The van der Waals surface area contributed by atoms with Crippen molar-refractivity contribution < 1.29 is 0 Å². The molecule has 0 aliphatic carbocycles. The Morgan fingerprint density at radius 1 is 1.32 bits per heavy atom. The summed E-state index contributed by atoms with van der Waals surface area (Å²) in [5.41, 5.74) is 2.11. The van der Waals surface area contributed by atoms with Gasteiger partial charge < -0.3 is 5.32 Å². The molecule has 2 aromatic rings. The van der Waals surface area contributed by atoms with E-state index in [-0.39, 0.29) is 6.04 Å². The van der Waals surface area contributed by atoms with Crippen LogP contribution in [0.25, 0.3) is 0 Å². The molecule has 19 heavy (non-hydrogen) atoms. The first kappa shape index (κ1) is 14.7. The number of rotatable bonds is 6. The summed E-state index contributed by atoms with van der Waals surface area (Å²) in [6.45, 7) is 3.09. The molecule has 0 aliphatic heterocycles. The van der Waals surface area contributed by atoms with Crippen molar-refractivity contribution in [1.29, 1.82) is 0 Å².